The third kappa shape index (κ3) is 9.73. The van der Waals surface area contributed by atoms with Crippen LogP contribution in [0.4, 0.5) is 0 Å². The van der Waals surface area contributed by atoms with Gasteiger partial charge in [0.05, 0.1) is 25.4 Å². The number of esters is 2. The third-order valence-electron chi connectivity index (χ3n) is 16.8. The Labute approximate surface area is 421 Å². The highest BCUT2D eigenvalue weighted by atomic mass is 16.6. The van der Waals surface area contributed by atoms with Crippen LogP contribution in [0, 0.1) is 17.8 Å². The number of ether oxygens (including phenoxy) is 4. The van der Waals surface area contributed by atoms with E-state index in [1.807, 2.05) is 6.07 Å². The van der Waals surface area contributed by atoms with Crippen molar-refractivity contribution in [3.05, 3.63) is 169 Å². The van der Waals surface area contributed by atoms with Crippen molar-refractivity contribution in [2.45, 2.75) is 133 Å². The SMILES string of the molecule is COC[C@@H](CCO)c1c(CO)c2ccc3c(c2oc1=O)[C@H]1OC(=O)C[C@H]2C[C@@H](c4cccc(Cc5ccccc5)c4)C=C[C@H]2c2ccc(cc2)CC/C(=C(\C)CO)C(=O)O[C@@H]1[C@@]1(CCC[C@H]2CCCC[C@H]21)O3. The van der Waals surface area contributed by atoms with Gasteiger partial charge in [-0.2, -0.15) is 0 Å². The molecule has 3 N–H and O–H groups in total. The lowest BCUT2D eigenvalue weighted by Crippen LogP contribution is -2.63. The molecule has 378 valence electrons. The van der Waals surface area contributed by atoms with Crippen molar-refractivity contribution >= 4 is 22.9 Å². The number of carbonyl (C=O) groups is 2. The summed E-state index contributed by atoms with van der Waals surface area (Å²) in [6, 6.07) is 31.1. The average molecular weight is 977 g/mol. The second-order valence-electron chi connectivity index (χ2n) is 21.1. The van der Waals surface area contributed by atoms with E-state index in [4.69, 9.17) is 23.4 Å². The molecule has 5 aromatic rings. The summed E-state index contributed by atoms with van der Waals surface area (Å²) in [6.45, 7) is 0.743. The molecule has 2 saturated carbocycles. The fourth-order valence-electron chi connectivity index (χ4n) is 13.3. The number of fused-ring (bicyclic) bond motifs is 13. The molecule has 2 fully saturated rings. The monoisotopic (exact) mass is 976 g/mol. The molecule has 4 aromatic carbocycles. The van der Waals surface area contributed by atoms with Crippen LogP contribution in [0.3, 0.4) is 0 Å². The van der Waals surface area contributed by atoms with E-state index >= 15 is 9.59 Å². The summed E-state index contributed by atoms with van der Waals surface area (Å²) < 4.78 is 33.1. The van der Waals surface area contributed by atoms with E-state index in [9.17, 15) is 20.1 Å². The van der Waals surface area contributed by atoms with Gasteiger partial charge in [-0.1, -0.05) is 110 Å². The Morgan fingerprint density at radius 3 is 2.39 bits per heavy atom. The molecule has 11 nitrogen and oxygen atoms in total. The van der Waals surface area contributed by atoms with Gasteiger partial charge in [-0.05, 0) is 128 Å². The summed E-state index contributed by atoms with van der Waals surface area (Å²) >= 11 is 0. The first-order valence-electron chi connectivity index (χ1n) is 26.2. The normalized spacial score (nSPS) is 27.4. The number of aliphatic hydroxyl groups is 3. The fraction of sp³-hybridized carbons (Fsp3) is 0.459. The Morgan fingerprint density at radius 2 is 1.61 bits per heavy atom. The number of methoxy groups -OCH3 is 1. The molecule has 0 radical (unpaired) electrons. The number of allylic oxidation sites excluding steroid dienone is 2. The molecule has 11 rings (SSSR count). The summed E-state index contributed by atoms with van der Waals surface area (Å²) in [4.78, 5) is 44.9. The van der Waals surface area contributed by atoms with Gasteiger partial charge in [0.2, 0.25) is 0 Å². The summed E-state index contributed by atoms with van der Waals surface area (Å²) in [5, 5.41) is 32.1. The number of hydrogen-bond acceptors (Lipinski definition) is 11. The molecule has 72 heavy (non-hydrogen) atoms. The largest absolute Gasteiger partial charge is 0.482 e. The van der Waals surface area contributed by atoms with Crippen LogP contribution in [0.5, 0.6) is 5.75 Å². The quantitative estimate of drug-likeness (QED) is 0.0529. The molecule has 6 aliphatic rings. The maximum Gasteiger partial charge on any atom is 0.340 e. The number of aliphatic hydroxyl groups excluding tert-OH is 3. The van der Waals surface area contributed by atoms with Gasteiger partial charge in [0.1, 0.15) is 11.3 Å². The zero-order valence-electron chi connectivity index (χ0n) is 41.6. The minimum atomic E-state index is -1.28. The molecule has 1 aromatic heterocycles. The van der Waals surface area contributed by atoms with Crippen LogP contribution in [-0.2, 0) is 43.2 Å². The van der Waals surface area contributed by atoms with Gasteiger partial charge in [0, 0.05) is 60.3 Å². The van der Waals surface area contributed by atoms with Crippen molar-refractivity contribution in [2.24, 2.45) is 17.8 Å². The fourth-order valence-corrected chi connectivity index (χ4v) is 13.3. The summed E-state index contributed by atoms with van der Waals surface area (Å²) in [6.07, 6.45) is 10.8. The van der Waals surface area contributed by atoms with Crippen LogP contribution in [-0.4, -0.2) is 65.9 Å². The lowest BCUT2D eigenvalue weighted by molar-refractivity contribution is -0.216. The molecule has 0 unspecified atom stereocenters. The van der Waals surface area contributed by atoms with Gasteiger partial charge >= 0.3 is 17.6 Å². The minimum Gasteiger partial charge on any atom is -0.482 e. The molecule has 4 heterocycles. The van der Waals surface area contributed by atoms with E-state index < -0.39 is 47.9 Å². The second kappa shape index (κ2) is 21.7. The predicted octanol–water partition coefficient (Wildman–Crippen LogP) is 10.4. The summed E-state index contributed by atoms with van der Waals surface area (Å²) in [5.41, 5.74) is 5.55. The van der Waals surface area contributed by atoms with Gasteiger partial charge < -0.3 is 38.7 Å². The number of rotatable bonds is 10. The topological polar surface area (TPSA) is 162 Å². The van der Waals surface area contributed by atoms with Crippen LogP contribution >= 0.6 is 0 Å². The third-order valence-corrected chi connectivity index (χ3v) is 16.8. The van der Waals surface area contributed by atoms with E-state index in [1.165, 1.54) is 23.8 Å². The zero-order chi connectivity index (χ0) is 49.9. The highest BCUT2D eigenvalue weighted by Crippen LogP contribution is 2.58. The average Bonchev–Trinajstić information content (AvgIpc) is 3.39. The maximum atomic E-state index is 15.4. The number of carbonyl (C=O) groups excluding carboxylic acids is 2. The first-order chi connectivity index (χ1) is 35.1. The molecule has 0 amide bonds. The number of hydrogen-bond donors (Lipinski definition) is 3. The Kier molecular flexibility index (Phi) is 15.0. The molecule has 2 bridgehead atoms. The van der Waals surface area contributed by atoms with Crippen LogP contribution in [0.25, 0.3) is 11.0 Å². The highest BCUT2D eigenvalue weighted by Gasteiger charge is 2.62. The maximum absolute atomic E-state index is 15.4. The number of benzene rings is 4. The Balaban J connectivity index is 1.12. The van der Waals surface area contributed by atoms with Gasteiger partial charge in [0.25, 0.3) is 0 Å². The molecule has 9 atom stereocenters. The van der Waals surface area contributed by atoms with Crippen molar-refractivity contribution in [3.8, 4) is 5.75 Å². The first-order valence-corrected chi connectivity index (χ1v) is 26.2. The van der Waals surface area contributed by atoms with Gasteiger partial charge in [-0.3, -0.25) is 4.79 Å². The van der Waals surface area contributed by atoms with Gasteiger partial charge in [0.15, 0.2) is 17.8 Å². The van der Waals surface area contributed by atoms with Crippen molar-refractivity contribution in [2.75, 3.05) is 26.9 Å². The lowest BCUT2D eigenvalue weighted by Gasteiger charge is -2.56. The van der Waals surface area contributed by atoms with Crippen LogP contribution in [0.15, 0.2) is 124 Å². The van der Waals surface area contributed by atoms with Crippen LogP contribution in [0.1, 0.15) is 146 Å². The van der Waals surface area contributed by atoms with Crippen LogP contribution < -0.4 is 10.4 Å². The molecule has 3 aliphatic heterocycles. The van der Waals surface area contributed by atoms with E-state index in [0.717, 1.165) is 56.1 Å². The molecule has 3 aliphatic carbocycles. The Hall–Kier alpha value is -5.85. The summed E-state index contributed by atoms with van der Waals surface area (Å²) in [7, 11) is 1.51. The van der Waals surface area contributed by atoms with E-state index in [-0.39, 0.29) is 79.0 Å². The van der Waals surface area contributed by atoms with Crippen molar-refractivity contribution < 1.29 is 48.3 Å². The Morgan fingerprint density at radius 1 is 0.819 bits per heavy atom. The van der Waals surface area contributed by atoms with E-state index in [2.05, 4.69) is 84.9 Å². The molecule has 1 spiro atoms. The molecular weight excluding hydrogens is 909 g/mol. The van der Waals surface area contributed by atoms with Crippen molar-refractivity contribution in [3.63, 3.8) is 0 Å². The van der Waals surface area contributed by atoms with Crippen molar-refractivity contribution in [1.29, 1.82) is 0 Å². The smallest absolute Gasteiger partial charge is 0.340 e. The molecule has 11 heteroatoms. The minimum absolute atomic E-state index is 0.0305. The van der Waals surface area contributed by atoms with Crippen molar-refractivity contribution in [1.82, 2.24) is 0 Å². The van der Waals surface area contributed by atoms with E-state index in [1.54, 1.807) is 19.1 Å². The molecule has 0 saturated heterocycles. The van der Waals surface area contributed by atoms with Gasteiger partial charge in [-0.25, -0.2) is 9.59 Å². The Bertz CT molecular complexity index is 2870. The summed E-state index contributed by atoms with van der Waals surface area (Å²) in [5.74, 6) is -1.35. The first kappa shape index (κ1) is 49.7. The zero-order valence-corrected chi connectivity index (χ0v) is 41.6. The number of aryl methyl sites for hydroxylation is 1. The standard InChI is InChI=1S/C61H68O11/c1-37(34-63)47-23-19-38-17-20-41(21-18-38)48-24-22-44(43-14-8-12-40(31-43)30-39-10-4-3-5-11-39)32-46(48)33-53(65)69-57-55-52(72-61(58(57)71-59(47)66)28-9-15-42-13-6-7-16-51(42)61)26-25-49-50(35-64)54(60(67)70-56(49)55)45(27-29-62)36-68-2/h3-5,8,10-12,14,17-18,20-22,24-26,31,42,44-46,48,51,57-58,62-64H,6-7,9,13,15-16,19,23,27-30,32-36H2,1-2H3/b47-37-/t42-,44+,45-,46-,48+,51-,57-,58+,61+/m1/s1. The second-order valence-corrected chi connectivity index (χ2v) is 21.1. The van der Waals surface area contributed by atoms with Crippen LogP contribution in [0.2, 0.25) is 0 Å². The van der Waals surface area contributed by atoms with E-state index in [0.29, 0.717) is 53.5 Å². The highest BCUT2D eigenvalue weighted by molar-refractivity contribution is 5.90. The predicted molar refractivity (Wildman–Crippen MR) is 274 cm³/mol. The molecular formula is C61H68O11. The lowest BCUT2D eigenvalue weighted by atomic mass is 9.59. The van der Waals surface area contributed by atoms with Gasteiger partial charge in [-0.15, -0.1) is 0 Å².